The predicted octanol–water partition coefficient (Wildman–Crippen LogP) is 6.08. The molecule has 7 rings (SSSR count). The number of nitrogens with zero attached hydrogens (tertiary/aromatic N) is 2. The highest BCUT2D eigenvalue weighted by atomic mass is 32.2. The molecule has 3 aliphatic heterocycles. The third kappa shape index (κ3) is 9.16. The smallest absolute Gasteiger partial charge is 0.306 e. The number of methoxy groups -OCH3 is 2. The van der Waals surface area contributed by atoms with E-state index in [0.29, 0.717) is 60.4 Å². The second-order valence-corrected chi connectivity index (χ2v) is 19.2. The molecular weight excluding hydrogens is 751 g/mol. The van der Waals surface area contributed by atoms with Gasteiger partial charge in [0.2, 0.25) is 27.7 Å². The number of ether oxygens (including phenoxy) is 4. The number of aromatic nitrogens is 1. The van der Waals surface area contributed by atoms with Gasteiger partial charge >= 0.3 is 5.97 Å². The van der Waals surface area contributed by atoms with Gasteiger partial charge in [-0.05, 0) is 68.8 Å². The Morgan fingerprint density at radius 3 is 2.56 bits per heavy atom. The molecule has 14 heteroatoms. The number of nitrogens with one attached hydrogen (secondary N) is 1. The maximum Gasteiger partial charge on any atom is 0.306 e. The molecule has 57 heavy (non-hydrogen) atoms. The minimum Gasteiger partial charge on any atom is -0.496 e. The standard InChI is InChI=1S/C43H55N3O10S/c1-42(2)17-11-10-12-27-18-32-33(21-36(27)53-3)44-38(54-4)22-37(32)56-30-20-34-35(47)24-43(41(50)45-57(51,52)31-15-16-31)23-29(43)14-9-7-5-6-8-13-28(19-39(48)55-26-42)40(49)46(34)25-30/h9-10,12,14,18,21-22,28-31,34H,5-8,11,13,15-17,19-20,23-26H2,1-4H3,(H,45,50)/b12-10+,14-9-/t28-,29+,30-,34+,43-/m1/s1. The summed E-state index contributed by atoms with van der Waals surface area (Å²) in [4.78, 5) is 62.9. The maximum atomic E-state index is 14.7. The molecule has 1 saturated heterocycles. The van der Waals surface area contributed by atoms with Crippen molar-refractivity contribution in [2.45, 2.75) is 115 Å². The van der Waals surface area contributed by atoms with E-state index in [0.717, 1.165) is 37.7 Å². The van der Waals surface area contributed by atoms with Gasteiger partial charge in [-0.2, -0.15) is 0 Å². The molecule has 1 N–H and O–H groups in total. The first-order chi connectivity index (χ1) is 27.2. The number of ketones is 1. The zero-order valence-corrected chi connectivity index (χ0v) is 34.2. The second-order valence-electron chi connectivity index (χ2n) is 17.3. The minimum absolute atomic E-state index is 0.0570. The summed E-state index contributed by atoms with van der Waals surface area (Å²) in [7, 11) is -0.751. The summed E-state index contributed by atoms with van der Waals surface area (Å²) in [5.74, 6) is -1.49. The molecule has 2 amide bonds. The molecule has 5 atom stereocenters. The van der Waals surface area contributed by atoms with Gasteiger partial charge in [-0.3, -0.25) is 23.9 Å². The highest BCUT2D eigenvalue weighted by Gasteiger charge is 2.61. The number of cyclic esters (lactones) is 1. The molecule has 2 aromatic rings. The number of rotatable bonds is 5. The highest BCUT2D eigenvalue weighted by Crippen LogP contribution is 2.57. The number of esters is 1. The first-order valence-corrected chi connectivity index (χ1v) is 21.9. The van der Waals surface area contributed by atoms with Crippen molar-refractivity contribution < 1.29 is 46.5 Å². The number of carbonyl (C=O) groups is 4. The predicted molar refractivity (Wildman–Crippen MR) is 213 cm³/mol. The van der Waals surface area contributed by atoms with Crippen molar-refractivity contribution in [3.05, 3.63) is 42.0 Å². The molecule has 0 spiro atoms. The van der Waals surface area contributed by atoms with Crippen LogP contribution < -0.4 is 18.9 Å². The number of hydrogen-bond acceptors (Lipinski definition) is 11. The van der Waals surface area contributed by atoms with Gasteiger partial charge < -0.3 is 23.8 Å². The third-order valence-corrected chi connectivity index (χ3v) is 14.1. The van der Waals surface area contributed by atoms with E-state index in [1.807, 2.05) is 44.2 Å². The summed E-state index contributed by atoms with van der Waals surface area (Å²) >= 11 is 0. The number of benzene rings is 1. The zero-order valence-electron chi connectivity index (χ0n) is 33.4. The molecule has 0 unspecified atom stereocenters. The van der Waals surface area contributed by atoms with Crippen LogP contribution in [0.1, 0.15) is 103 Å². The molecule has 2 aliphatic carbocycles. The number of allylic oxidation sites excluding steroid dienone is 3. The van der Waals surface area contributed by atoms with Crippen LogP contribution in [-0.2, 0) is 33.9 Å². The number of carbonyl (C=O) groups excluding carboxylic acids is 4. The second kappa shape index (κ2) is 16.4. The lowest BCUT2D eigenvalue weighted by Crippen LogP contribution is -2.46. The van der Waals surface area contributed by atoms with Gasteiger partial charge in [0, 0.05) is 41.8 Å². The van der Waals surface area contributed by atoms with E-state index in [1.165, 1.54) is 12.0 Å². The number of hydrogen-bond donors (Lipinski definition) is 1. The van der Waals surface area contributed by atoms with E-state index in [2.05, 4.69) is 15.8 Å². The third-order valence-electron chi connectivity index (χ3n) is 12.3. The largest absolute Gasteiger partial charge is 0.496 e. The molecule has 1 aromatic heterocycles. The molecule has 2 saturated carbocycles. The van der Waals surface area contributed by atoms with E-state index >= 15 is 0 Å². The van der Waals surface area contributed by atoms with Crippen LogP contribution in [0, 0.1) is 22.7 Å². The number of sulfonamides is 1. The van der Waals surface area contributed by atoms with Gasteiger partial charge in [0.15, 0.2) is 5.78 Å². The number of Topliss-reactive ketones (excluding diaryl/α,β-unsaturated/α-hetero) is 1. The van der Waals surface area contributed by atoms with Crippen LogP contribution in [0.2, 0.25) is 0 Å². The molecule has 13 nitrogen and oxygen atoms in total. The first-order valence-electron chi connectivity index (χ1n) is 20.3. The number of pyridine rings is 1. The van der Waals surface area contributed by atoms with Crippen LogP contribution in [0.15, 0.2) is 36.4 Å². The lowest BCUT2D eigenvalue weighted by Gasteiger charge is -2.29. The molecule has 308 valence electrons. The molecule has 0 radical (unpaired) electrons. The summed E-state index contributed by atoms with van der Waals surface area (Å²) in [6.45, 7) is 4.32. The van der Waals surface area contributed by atoms with Crippen molar-refractivity contribution in [3.8, 4) is 17.4 Å². The van der Waals surface area contributed by atoms with Gasteiger partial charge in [-0.15, -0.1) is 0 Å². The van der Waals surface area contributed by atoms with Crippen molar-refractivity contribution >= 4 is 50.6 Å². The van der Waals surface area contributed by atoms with Crippen LogP contribution in [0.5, 0.6) is 17.4 Å². The van der Waals surface area contributed by atoms with E-state index in [9.17, 15) is 27.6 Å². The van der Waals surface area contributed by atoms with Crippen molar-refractivity contribution in [2.75, 3.05) is 27.4 Å². The first kappa shape index (κ1) is 40.7. The lowest BCUT2D eigenvalue weighted by atomic mass is 9.88. The van der Waals surface area contributed by atoms with Crippen LogP contribution in [0.4, 0.5) is 0 Å². The van der Waals surface area contributed by atoms with E-state index < -0.39 is 50.6 Å². The van der Waals surface area contributed by atoms with Crippen molar-refractivity contribution in [1.82, 2.24) is 14.6 Å². The average molecular weight is 806 g/mol. The molecule has 5 bridgehead atoms. The Hall–Kier alpha value is -4.46. The Labute approximate surface area is 335 Å². The van der Waals surface area contributed by atoms with E-state index in [-0.39, 0.29) is 55.4 Å². The van der Waals surface area contributed by atoms with Crippen LogP contribution in [-0.4, -0.2) is 86.6 Å². The van der Waals surface area contributed by atoms with Gasteiger partial charge in [0.05, 0.1) is 56.0 Å². The van der Waals surface area contributed by atoms with Gasteiger partial charge in [-0.1, -0.05) is 51.0 Å². The lowest BCUT2D eigenvalue weighted by molar-refractivity contribution is -0.152. The monoisotopic (exact) mass is 805 g/mol. The minimum atomic E-state index is -3.86. The molecule has 5 aliphatic rings. The summed E-state index contributed by atoms with van der Waals surface area (Å²) in [5, 5.41) is 0.0894. The average Bonchev–Trinajstić information content (AvgIpc) is 4.10. The Morgan fingerprint density at radius 1 is 1.00 bits per heavy atom. The fourth-order valence-corrected chi connectivity index (χ4v) is 9.90. The summed E-state index contributed by atoms with van der Waals surface area (Å²) in [6, 6.07) is 4.47. The molecule has 4 heterocycles. The molecule has 1 aromatic carbocycles. The number of fused-ring (bicyclic) bond motifs is 4. The Morgan fingerprint density at radius 2 is 1.81 bits per heavy atom. The van der Waals surface area contributed by atoms with Crippen molar-refractivity contribution in [3.63, 3.8) is 0 Å². The van der Waals surface area contributed by atoms with Gasteiger partial charge in [-0.25, -0.2) is 13.4 Å². The summed E-state index contributed by atoms with van der Waals surface area (Å²) < 4.78 is 52.0. The Balaban J connectivity index is 1.27. The van der Waals surface area contributed by atoms with Crippen molar-refractivity contribution in [2.24, 2.45) is 22.7 Å². The van der Waals surface area contributed by atoms with Crippen LogP contribution in [0.25, 0.3) is 17.0 Å². The summed E-state index contributed by atoms with van der Waals surface area (Å²) in [6.07, 6.45) is 13.4. The van der Waals surface area contributed by atoms with E-state index in [1.54, 1.807) is 13.2 Å². The van der Waals surface area contributed by atoms with Crippen LogP contribution in [0.3, 0.4) is 0 Å². The highest BCUT2D eigenvalue weighted by molar-refractivity contribution is 7.90. The zero-order chi connectivity index (χ0) is 40.5. The fraction of sp³-hybridized carbons (Fsp3) is 0.605. The quantitative estimate of drug-likeness (QED) is 0.275. The fourth-order valence-electron chi connectivity index (χ4n) is 8.52. The van der Waals surface area contributed by atoms with E-state index in [4.69, 9.17) is 18.9 Å². The van der Waals surface area contributed by atoms with Gasteiger partial charge in [0.1, 0.15) is 17.6 Å². The maximum absolute atomic E-state index is 14.7. The number of amides is 2. The van der Waals surface area contributed by atoms with Crippen molar-refractivity contribution in [1.29, 1.82) is 0 Å². The Kier molecular flexibility index (Phi) is 11.7. The molecular formula is C43H55N3O10S. The Bertz CT molecular complexity index is 2080. The topological polar surface area (TPSA) is 167 Å². The normalized spacial score (nSPS) is 29.7. The SMILES string of the molecule is COc1cc2c3cc(c(OC)cc3n1)/C=C/CCC(C)(C)COC(=O)C[C@H]1CCCCC/C=C\[C@H]3C[C@@]3(C(=O)NS(=O)(=O)C3CC3)CC(=O)[C@@H]3C[C@H](CN3C1=O)O2. The van der Waals surface area contributed by atoms with Crippen LogP contribution >= 0.6 is 0 Å². The molecule has 3 fully saturated rings. The summed E-state index contributed by atoms with van der Waals surface area (Å²) in [5.41, 5.74) is -0.209. The van der Waals surface area contributed by atoms with Gasteiger partial charge in [0.25, 0.3) is 0 Å².